The molecule has 0 amide bonds. The number of hydrogen-bond acceptors (Lipinski definition) is 7. The molecule has 4 rings (SSSR count). The van der Waals surface area contributed by atoms with Crippen molar-refractivity contribution in [3.05, 3.63) is 70.7 Å². The zero-order valence-electron chi connectivity index (χ0n) is 19.2. The maximum atomic E-state index is 15.1. The molecule has 1 aliphatic rings. The Kier molecular flexibility index (Phi) is 6.77. The van der Waals surface area contributed by atoms with Crippen molar-refractivity contribution < 1.29 is 28.6 Å². The maximum absolute atomic E-state index is 15.1. The van der Waals surface area contributed by atoms with Crippen LogP contribution in [0.4, 0.5) is 4.39 Å². The Bertz CT molecular complexity index is 1270. The van der Waals surface area contributed by atoms with Crippen LogP contribution in [-0.2, 0) is 16.1 Å². The molecule has 2 aromatic carbocycles. The number of aryl methyl sites for hydroxylation is 1. The van der Waals surface area contributed by atoms with E-state index in [1.807, 2.05) is 38.1 Å². The minimum Gasteiger partial charge on any atom is -0.506 e. The van der Waals surface area contributed by atoms with Gasteiger partial charge in [0.2, 0.25) is 0 Å². The fourth-order valence-electron chi connectivity index (χ4n) is 3.81. The van der Waals surface area contributed by atoms with Gasteiger partial charge in [-0.25, -0.2) is 14.2 Å². The largest absolute Gasteiger partial charge is 0.506 e. The van der Waals surface area contributed by atoms with Crippen LogP contribution < -0.4 is 9.47 Å². The van der Waals surface area contributed by atoms with Gasteiger partial charge in [0.15, 0.2) is 11.6 Å². The van der Waals surface area contributed by atoms with Gasteiger partial charge in [-0.05, 0) is 67.8 Å². The van der Waals surface area contributed by atoms with Gasteiger partial charge in [-0.15, -0.1) is 0 Å². The van der Waals surface area contributed by atoms with E-state index in [-0.39, 0.29) is 24.5 Å². The Hall–Kier alpha value is -3.94. The van der Waals surface area contributed by atoms with Crippen molar-refractivity contribution in [2.24, 2.45) is 5.16 Å². The molecule has 0 fully saturated rings. The fourth-order valence-corrected chi connectivity index (χ4v) is 3.81. The number of aromatic hydroxyl groups is 1. The molecule has 0 radical (unpaired) electrons. The van der Waals surface area contributed by atoms with Gasteiger partial charge in [0.05, 0.1) is 13.0 Å². The molecule has 0 saturated heterocycles. The summed E-state index contributed by atoms with van der Waals surface area (Å²) >= 11 is 0. The van der Waals surface area contributed by atoms with Gasteiger partial charge >= 0.3 is 5.97 Å². The zero-order chi connectivity index (χ0) is 24.2. The van der Waals surface area contributed by atoms with E-state index in [9.17, 15) is 9.90 Å². The van der Waals surface area contributed by atoms with E-state index in [1.54, 1.807) is 25.1 Å². The number of halogens is 1. The van der Waals surface area contributed by atoms with Gasteiger partial charge in [0.25, 0.3) is 0 Å². The molecule has 1 aliphatic heterocycles. The van der Waals surface area contributed by atoms with Crippen molar-refractivity contribution in [1.29, 1.82) is 0 Å². The summed E-state index contributed by atoms with van der Waals surface area (Å²) in [6.45, 7) is 5.98. The first-order chi connectivity index (χ1) is 16.4. The predicted molar refractivity (Wildman–Crippen MR) is 125 cm³/mol. The average molecular weight is 464 g/mol. The summed E-state index contributed by atoms with van der Waals surface area (Å²) in [5, 5.41) is 14.0. The SMILES string of the molecule is CCOc1cccc(-c2nc(Cc3c(C)cc(OCC4=NOC(=O)C4)c(F)c3C)ccc2O)c1. The van der Waals surface area contributed by atoms with Crippen LogP contribution in [0.1, 0.15) is 35.7 Å². The lowest BCUT2D eigenvalue weighted by molar-refractivity contribution is -0.140. The minimum absolute atomic E-state index is 0.0232. The molecule has 0 aliphatic carbocycles. The Labute approximate surface area is 196 Å². The van der Waals surface area contributed by atoms with Crippen molar-refractivity contribution in [1.82, 2.24) is 4.98 Å². The van der Waals surface area contributed by atoms with Gasteiger partial charge in [0, 0.05) is 17.7 Å². The normalized spacial score (nSPS) is 12.9. The number of oxime groups is 1. The Morgan fingerprint density at radius 2 is 1.97 bits per heavy atom. The lowest BCUT2D eigenvalue weighted by Gasteiger charge is -2.16. The number of carbonyl (C=O) groups is 1. The van der Waals surface area contributed by atoms with Crippen LogP contribution in [0.5, 0.6) is 17.2 Å². The Balaban J connectivity index is 1.58. The van der Waals surface area contributed by atoms with Gasteiger partial charge in [-0.1, -0.05) is 17.3 Å². The molecule has 7 nitrogen and oxygen atoms in total. The molecule has 0 bridgehead atoms. The van der Waals surface area contributed by atoms with E-state index in [0.29, 0.717) is 41.4 Å². The number of aromatic nitrogens is 1. The second-order valence-electron chi connectivity index (χ2n) is 8.00. The second-order valence-corrected chi connectivity index (χ2v) is 8.00. The molecule has 8 heteroatoms. The maximum Gasteiger partial charge on any atom is 0.340 e. The molecular formula is C26H25FN2O5. The summed E-state index contributed by atoms with van der Waals surface area (Å²) in [4.78, 5) is 20.3. The molecule has 0 spiro atoms. The standard InChI is InChI=1S/C26H25FN2O5/c1-4-32-20-7-5-6-17(11-20)26-22(30)9-8-18(28-26)12-21-15(2)10-23(25(27)16(21)3)33-14-19-13-24(31)34-29-19/h5-11,30H,4,12-14H2,1-3H3. The first-order valence-corrected chi connectivity index (χ1v) is 10.9. The number of pyridine rings is 1. The molecule has 176 valence electrons. The van der Waals surface area contributed by atoms with E-state index < -0.39 is 11.8 Å². The first kappa shape index (κ1) is 23.2. The Morgan fingerprint density at radius 3 is 2.71 bits per heavy atom. The third-order valence-electron chi connectivity index (χ3n) is 5.55. The highest BCUT2D eigenvalue weighted by molar-refractivity contribution is 6.02. The minimum atomic E-state index is -0.477. The van der Waals surface area contributed by atoms with E-state index in [4.69, 9.17) is 9.47 Å². The number of hydrogen-bond donors (Lipinski definition) is 1. The summed E-state index contributed by atoms with van der Waals surface area (Å²) in [5.41, 5.74) is 4.33. The number of carbonyl (C=O) groups excluding carboxylic acids is 1. The number of rotatable bonds is 8. The van der Waals surface area contributed by atoms with Crippen LogP contribution >= 0.6 is 0 Å². The third-order valence-corrected chi connectivity index (χ3v) is 5.55. The zero-order valence-corrected chi connectivity index (χ0v) is 19.2. The topological polar surface area (TPSA) is 90.2 Å². The Morgan fingerprint density at radius 1 is 1.15 bits per heavy atom. The highest BCUT2D eigenvalue weighted by Gasteiger charge is 2.20. The van der Waals surface area contributed by atoms with Crippen molar-refractivity contribution in [2.75, 3.05) is 13.2 Å². The van der Waals surface area contributed by atoms with E-state index in [0.717, 1.165) is 16.7 Å². The second kappa shape index (κ2) is 9.91. The van der Waals surface area contributed by atoms with Gasteiger partial charge in [-0.2, -0.15) is 0 Å². The van der Waals surface area contributed by atoms with Crippen LogP contribution in [0.15, 0.2) is 47.6 Å². The predicted octanol–water partition coefficient (Wildman–Crippen LogP) is 4.88. The molecule has 3 aromatic rings. The molecule has 1 N–H and O–H groups in total. The van der Waals surface area contributed by atoms with Crippen LogP contribution in [0.25, 0.3) is 11.3 Å². The average Bonchev–Trinajstić information content (AvgIpc) is 3.24. The van der Waals surface area contributed by atoms with Crippen molar-refractivity contribution in [2.45, 2.75) is 33.6 Å². The summed E-state index contributed by atoms with van der Waals surface area (Å²) < 4.78 is 26.2. The molecule has 1 aromatic heterocycles. The molecule has 34 heavy (non-hydrogen) atoms. The fraction of sp³-hybridized carbons (Fsp3) is 0.269. The highest BCUT2D eigenvalue weighted by atomic mass is 19.1. The lowest BCUT2D eigenvalue weighted by Crippen LogP contribution is -2.12. The smallest absolute Gasteiger partial charge is 0.340 e. The van der Waals surface area contributed by atoms with Crippen LogP contribution in [-0.4, -0.2) is 35.0 Å². The summed E-state index contributed by atoms with van der Waals surface area (Å²) in [6, 6.07) is 12.3. The van der Waals surface area contributed by atoms with Crippen molar-refractivity contribution in [3.8, 4) is 28.5 Å². The van der Waals surface area contributed by atoms with E-state index >= 15 is 4.39 Å². The molecule has 2 heterocycles. The van der Waals surface area contributed by atoms with E-state index in [2.05, 4.69) is 15.0 Å². The van der Waals surface area contributed by atoms with Gasteiger partial charge < -0.3 is 19.4 Å². The third kappa shape index (κ3) is 5.01. The lowest BCUT2D eigenvalue weighted by atomic mass is 9.97. The molecule has 0 unspecified atom stereocenters. The summed E-state index contributed by atoms with van der Waals surface area (Å²) in [6.07, 6.45) is 0.419. The van der Waals surface area contributed by atoms with Crippen LogP contribution in [0, 0.1) is 19.7 Å². The summed E-state index contributed by atoms with van der Waals surface area (Å²) in [7, 11) is 0. The molecular weight excluding hydrogens is 439 g/mol. The van der Waals surface area contributed by atoms with Crippen LogP contribution in [0.2, 0.25) is 0 Å². The monoisotopic (exact) mass is 464 g/mol. The van der Waals surface area contributed by atoms with Crippen molar-refractivity contribution >= 4 is 11.7 Å². The number of ether oxygens (including phenoxy) is 2. The van der Waals surface area contributed by atoms with Gasteiger partial charge in [-0.3, -0.25) is 0 Å². The van der Waals surface area contributed by atoms with Crippen LogP contribution in [0.3, 0.4) is 0 Å². The quantitative estimate of drug-likeness (QED) is 0.478. The molecule has 0 saturated carbocycles. The molecule has 0 atom stereocenters. The van der Waals surface area contributed by atoms with Gasteiger partial charge in [0.1, 0.15) is 29.5 Å². The highest BCUT2D eigenvalue weighted by Crippen LogP contribution is 2.32. The number of nitrogens with zero attached hydrogens (tertiary/aromatic N) is 2. The number of benzene rings is 2. The summed E-state index contributed by atoms with van der Waals surface area (Å²) in [5.74, 6) is -0.0941. The van der Waals surface area contributed by atoms with Crippen molar-refractivity contribution in [3.63, 3.8) is 0 Å². The first-order valence-electron chi connectivity index (χ1n) is 10.9. The van der Waals surface area contributed by atoms with E-state index in [1.165, 1.54) is 0 Å².